The van der Waals surface area contributed by atoms with Gasteiger partial charge in [-0.3, -0.25) is 4.79 Å². The molecule has 2 fully saturated rings. The maximum Gasteiger partial charge on any atom is 0.408 e. The van der Waals surface area contributed by atoms with Gasteiger partial charge < -0.3 is 19.7 Å². The van der Waals surface area contributed by atoms with Crippen molar-refractivity contribution in [2.75, 3.05) is 6.61 Å². The number of likely N-dealkylation sites (tertiary alicyclic amines) is 1. The standard InChI is InChI=1S/C22H30N2O5/c1-3-28-21(26)19-13-17-11-7-8-12-18(17)24(19)20(25)15(2)23-22(27)29-14-16-9-5-4-6-10-16/h4-6,9-10,15,17-19H,3,7-8,11-14H2,1-2H3,(H,23,27)/t15-,17?,18?,19+/m0/s1. The van der Waals surface area contributed by atoms with E-state index >= 15 is 0 Å². The molecule has 2 amide bonds. The molecule has 0 radical (unpaired) electrons. The third kappa shape index (κ3) is 5.08. The largest absolute Gasteiger partial charge is 0.464 e. The van der Waals surface area contributed by atoms with Gasteiger partial charge >= 0.3 is 12.1 Å². The first-order valence-electron chi connectivity index (χ1n) is 10.5. The number of alkyl carbamates (subject to hydrolysis) is 1. The van der Waals surface area contributed by atoms with Gasteiger partial charge in [0.2, 0.25) is 5.91 Å². The third-order valence-electron chi connectivity index (χ3n) is 5.82. The van der Waals surface area contributed by atoms with Gasteiger partial charge in [0.25, 0.3) is 0 Å². The van der Waals surface area contributed by atoms with Crippen LogP contribution < -0.4 is 5.32 Å². The Balaban J connectivity index is 1.62. The molecule has 1 aliphatic carbocycles. The lowest BCUT2D eigenvalue weighted by molar-refractivity contribution is -0.154. The van der Waals surface area contributed by atoms with E-state index in [9.17, 15) is 14.4 Å². The molecular formula is C22H30N2O5. The molecule has 1 aliphatic heterocycles. The van der Waals surface area contributed by atoms with E-state index in [-0.39, 0.29) is 31.1 Å². The fourth-order valence-electron chi connectivity index (χ4n) is 4.45. The van der Waals surface area contributed by atoms with Crippen molar-refractivity contribution >= 4 is 18.0 Å². The van der Waals surface area contributed by atoms with Crippen LogP contribution in [0.4, 0.5) is 4.79 Å². The molecule has 158 valence electrons. The molecule has 1 saturated heterocycles. The van der Waals surface area contributed by atoms with E-state index in [1.807, 2.05) is 30.3 Å². The zero-order chi connectivity index (χ0) is 20.8. The average molecular weight is 402 g/mol. The summed E-state index contributed by atoms with van der Waals surface area (Å²) in [5.41, 5.74) is 0.869. The van der Waals surface area contributed by atoms with E-state index in [0.29, 0.717) is 12.3 Å². The summed E-state index contributed by atoms with van der Waals surface area (Å²) in [6.07, 6.45) is 4.06. The molecule has 0 spiro atoms. The van der Waals surface area contributed by atoms with E-state index in [0.717, 1.165) is 31.2 Å². The van der Waals surface area contributed by atoms with E-state index in [1.54, 1.807) is 18.7 Å². The predicted molar refractivity (Wildman–Crippen MR) is 107 cm³/mol. The Morgan fingerprint density at radius 3 is 2.59 bits per heavy atom. The molecule has 7 heteroatoms. The van der Waals surface area contributed by atoms with E-state index in [1.165, 1.54) is 0 Å². The van der Waals surface area contributed by atoms with Gasteiger partial charge in [-0.1, -0.05) is 43.2 Å². The highest BCUT2D eigenvalue weighted by Gasteiger charge is 2.49. The Hall–Kier alpha value is -2.57. The molecule has 1 saturated carbocycles. The van der Waals surface area contributed by atoms with Gasteiger partial charge in [-0.2, -0.15) is 0 Å². The van der Waals surface area contributed by atoms with Crippen molar-refractivity contribution in [2.24, 2.45) is 5.92 Å². The molecule has 4 atom stereocenters. The highest BCUT2D eigenvalue weighted by molar-refractivity contribution is 5.90. The maximum atomic E-state index is 13.2. The zero-order valence-corrected chi connectivity index (χ0v) is 17.1. The zero-order valence-electron chi connectivity index (χ0n) is 17.1. The molecule has 7 nitrogen and oxygen atoms in total. The normalized spacial score (nSPS) is 24.3. The maximum absolute atomic E-state index is 13.2. The van der Waals surface area contributed by atoms with Crippen molar-refractivity contribution < 1.29 is 23.9 Å². The molecule has 2 aliphatic rings. The highest BCUT2D eigenvalue weighted by atomic mass is 16.5. The first kappa shape index (κ1) is 21.1. The number of ether oxygens (including phenoxy) is 2. The Labute approximate surface area is 171 Å². The molecule has 1 aromatic rings. The molecule has 29 heavy (non-hydrogen) atoms. The van der Waals surface area contributed by atoms with Crippen LogP contribution in [-0.2, 0) is 25.7 Å². The number of carbonyl (C=O) groups excluding carboxylic acids is 3. The molecule has 3 rings (SSSR count). The average Bonchev–Trinajstić information content (AvgIpc) is 3.12. The summed E-state index contributed by atoms with van der Waals surface area (Å²) in [6, 6.07) is 8.03. The van der Waals surface area contributed by atoms with Crippen LogP contribution in [0.1, 0.15) is 51.5 Å². The topological polar surface area (TPSA) is 84.9 Å². The first-order valence-corrected chi connectivity index (χ1v) is 10.5. The van der Waals surface area contributed by atoms with E-state index < -0.39 is 18.2 Å². The Morgan fingerprint density at radius 2 is 1.86 bits per heavy atom. The van der Waals surface area contributed by atoms with Gasteiger partial charge in [-0.15, -0.1) is 0 Å². The number of nitrogens with one attached hydrogen (secondary N) is 1. The summed E-state index contributed by atoms with van der Waals surface area (Å²) in [7, 11) is 0. The summed E-state index contributed by atoms with van der Waals surface area (Å²) in [4.78, 5) is 39.5. The third-order valence-corrected chi connectivity index (χ3v) is 5.82. The van der Waals surface area contributed by atoms with Crippen molar-refractivity contribution in [2.45, 2.75) is 70.7 Å². The van der Waals surface area contributed by atoms with Crippen LogP contribution >= 0.6 is 0 Å². The SMILES string of the molecule is CCOC(=O)[C@H]1CC2CCCCC2N1C(=O)[C@H](C)NC(=O)OCc1ccccc1. The Bertz CT molecular complexity index is 723. The number of nitrogens with zero attached hydrogens (tertiary/aromatic N) is 1. The lowest BCUT2D eigenvalue weighted by atomic mass is 9.84. The molecular weight excluding hydrogens is 372 g/mol. The molecule has 0 bridgehead atoms. The molecule has 2 unspecified atom stereocenters. The summed E-state index contributed by atoms with van der Waals surface area (Å²) in [5, 5.41) is 2.61. The van der Waals surface area contributed by atoms with Crippen molar-refractivity contribution in [1.29, 1.82) is 0 Å². The van der Waals surface area contributed by atoms with Crippen molar-refractivity contribution in [3.63, 3.8) is 0 Å². The van der Waals surface area contributed by atoms with Gasteiger partial charge in [-0.25, -0.2) is 9.59 Å². The minimum absolute atomic E-state index is 0.0373. The van der Waals surface area contributed by atoms with Crippen LogP contribution in [0.15, 0.2) is 30.3 Å². The summed E-state index contributed by atoms with van der Waals surface area (Å²) < 4.78 is 10.4. The molecule has 1 N–H and O–H groups in total. The lowest BCUT2D eigenvalue weighted by Crippen LogP contribution is -2.54. The van der Waals surface area contributed by atoms with E-state index in [4.69, 9.17) is 9.47 Å². The van der Waals surface area contributed by atoms with Crippen molar-refractivity contribution in [1.82, 2.24) is 10.2 Å². The monoisotopic (exact) mass is 402 g/mol. The smallest absolute Gasteiger partial charge is 0.408 e. The molecule has 1 heterocycles. The number of hydrogen-bond acceptors (Lipinski definition) is 5. The van der Waals surface area contributed by atoms with Crippen LogP contribution in [0.2, 0.25) is 0 Å². The fraction of sp³-hybridized carbons (Fsp3) is 0.591. The second-order valence-electron chi connectivity index (χ2n) is 7.79. The van der Waals surface area contributed by atoms with Crippen molar-refractivity contribution in [3.05, 3.63) is 35.9 Å². The number of fused-ring (bicyclic) bond motifs is 1. The number of benzene rings is 1. The van der Waals surface area contributed by atoms with Crippen LogP contribution in [0.25, 0.3) is 0 Å². The fourth-order valence-corrected chi connectivity index (χ4v) is 4.45. The van der Waals surface area contributed by atoms with Gasteiger partial charge in [0.05, 0.1) is 6.61 Å². The van der Waals surface area contributed by atoms with Gasteiger partial charge in [0, 0.05) is 6.04 Å². The van der Waals surface area contributed by atoms with Crippen molar-refractivity contribution in [3.8, 4) is 0 Å². The predicted octanol–water partition coefficient (Wildman–Crippen LogP) is 3.02. The van der Waals surface area contributed by atoms with Gasteiger partial charge in [-0.05, 0) is 44.6 Å². The van der Waals surface area contributed by atoms with Crippen LogP contribution in [0, 0.1) is 5.92 Å². The first-order chi connectivity index (χ1) is 14.0. The number of hydrogen-bond donors (Lipinski definition) is 1. The number of amides is 2. The number of esters is 1. The summed E-state index contributed by atoms with van der Waals surface area (Å²) in [5.74, 6) is -0.289. The Morgan fingerprint density at radius 1 is 1.14 bits per heavy atom. The minimum atomic E-state index is -0.782. The number of rotatable bonds is 6. The number of carbonyl (C=O) groups is 3. The van der Waals surface area contributed by atoms with Crippen LogP contribution in [0.3, 0.4) is 0 Å². The molecule has 0 aromatic heterocycles. The lowest BCUT2D eigenvalue weighted by Gasteiger charge is -2.35. The second-order valence-corrected chi connectivity index (χ2v) is 7.79. The summed E-state index contributed by atoms with van der Waals surface area (Å²) >= 11 is 0. The Kier molecular flexibility index (Phi) is 7.12. The molecule has 1 aromatic carbocycles. The second kappa shape index (κ2) is 9.76. The van der Waals surface area contributed by atoms with E-state index in [2.05, 4.69) is 5.32 Å². The minimum Gasteiger partial charge on any atom is -0.464 e. The quantitative estimate of drug-likeness (QED) is 0.740. The van der Waals surface area contributed by atoms with Crippen LogP contribution in [0.5, 0.6) is 0 Å². The van der Waals surface area contributed by atoms with Gasteiger partial charge in [0.1, 0.15) is 18.7 Å². The summed E-state index contributed by atoms with van der Waals surface area (Å²) in [6.45, 7) is 3.81. The van der Waals surface area contributed by atoms with Crippen LogP contribution in [-0.4, -0.2) is 47.6 Å². The van der Waals surface area contributed by atoms with Gasteiger partial charge in [0.15, 0.2) is 0 Å². The highest BCUT2D eigenvalue weighted by Crippen LogP contribution is 2.40.